The van der Waals surface area contributed by atoms with Crippen LogP contribution in [0.25, 0.3) is 21.8 Å². The van der Waals surface area contributed by atoms with Crippen molar-refractivity contribution in [1.29, 1.82) is 0 Å². The van der Waals surface area contributed by atoms with Crippen molar-refractivity contribution >= 4 is 146 Å². The van der Waals surface area contributed by atoms with Gasteiger partial charge in [0.1, 0.15) is 96.9 Å². The Morgan fingerprint density at radius 3 is 1.76 bits per heavy atom. The van der Waals surface area contributed by atoms with Crippen LogP contribution < -0.4 is 90.9 Å². The van der Waals surface area contributed by atoms with Crippen LogP contribution in [0.2, 0.25) is 0 Å². The van der Waals surface area contributed by atoms with E-state index in [2.05, 4.69) is 76.5 Å². The summed E-state index contributed by atoms with van der Waals surface area (Å²) in [5.74, 6) is -17.6. The first-order valence-electron chi connectivity index (χ1n) is 49.8. The quantitative estimate of drug-likeness (QED) is 0.0293. The number of aromatic nitrogens is 2. The molecule has 47 heteroatoms. The first-order valence-corrected chi connectivity index (χ1v) is 51.0. The Morgan fingerprint density at radius 1 is 0.541 bits per heavy atom. The van der Waals surface area contributed by atoms with Crippen molar-refractivity contribution < 1.29 is 116 Å². The number of hydrogen-bond acceptors (Lipinski definition) is 25. The Bertz CT molecular complexity index is 5740. The Morgan fingerprint density at radius 2 is 1.10 bits per heavy atom. The van der Waals surface area contributed by atoms with Crippen LogP contribution in [-0.2, 0) is 119 Å². The molecule has 6 heterocycles. The molecule has 3 saturated heterocycles. The largest absolute Gasteiger partial charge is 0.508 e. The van der Waals surface area contributed by atoms with Crippen molar-refractivity contribution in [3.63, 3.8) is 0 Å². The molecule has 0 bridgehead atoms. The molecule has 19 amide bonds. The second-order valence-electron chi connectivity index (χ2n) is 38.4. The van der Waals surface area contributed by atoms with Crippen molar-refractivity contribution in [3.05, 3.63) is 126 Å². The third kappa shape index (κ3) is 32.9. The number of likely N-dealkylation sites (N-methyl/N-ethyl adjacent to an activating group) is 3. The Hall–Kier alpha value is -14.6. The van der Waals surface area contributed by atoms with Crippen molar-refractivity contribution in [1.82, 2.24) is 92.5 Å². The number of urea groups is 1. The highest BCUT2D eigenvalue weighted by molar-refractivity contribution is 8.00. The zero-order valence-electron chi connectivity index (χ0n) is 85.3. The number of aliphatic carboxylic acids is 1. The van der Waals surface area contributed by atoms with Crippen molar-refractivity contribution in [2.75, 3.05) is 72.2 Å². The second kappa shape index (κ2) is 55.8. The van der Waals surface area contributed by atoms with E-state index in [0.29, 0.717) is 64.6 Å². The van der Waals surface area contributed by atoms with Gasteiger partial charge in [-0.1, -0.05) is 129 Å². The molecule has 6 aromatic rings. The fraction of sp³-hybridized carbons (Fsp3) is 0.535. The van der Waals surface area contributed by atoms with Gasteiger partial charge in [0.25, 0.3) is 0 Å². The molecule has 15 atom stereocenters. The van der Waals surface area contributed by atoms with Crippen LogP contribution in [0.5, 0.6) is 17.2 Å². The molecule has 806 valence electrons. The standard InChI is InChI=1S/C92H132N22O22S.C9H10O2/c1-11-13-23-70-84(128)102-61(34-49(3)4)81(125)108-68(79(123)99-43-75(95)118)47-137-48-76(119)100-64(36-52-27-29-55(115)30-28-52)87(131)109(8)51(7)78(122)104-66(40-74(94)117)89(133)113-33-19-26-71(113)85(129)107-67(41-93)83(127)105-63(35-50(5)6)90(134)114-45-56(116)39-73(114)86(130)103-62(37-53-42-98-59-22-17-15-20-57(53)59)82(126)101-60(31-32-97-92(96)136)80(124)106-65(88(132)111(10)72(24-14-12-2)91(135)110(70)9)38-54-44-112(46-77(120)121)69-25-18-16-21-58(54)69;1-2-7-3-4-8-9(5-7)11-6-10-8/h15-18,20-22,25,27-30,42,44,49-51,56,60-68,70-73,98,115-116H,11-14,19,23-24,26,31-41,43,45-48,93H2,1-10H3,(H2,94,117)(H2,95,118)(H,99,123)(H,100,119)(H,101,126)(H,102,128)(H,103,130)(H,104,122)(H,105,127)(H,106,124)(H,107,129)(H,108,125)(H,120,121)(H3,96,97,136);3-5H,2,6H2,1H3/t51-,56+,60-,61-,62-,63-,64-,65-,66-,67-,68-,70-,71-,72-,73-;/m0./s1. The smallest absolute Gasteiger partial charge is 0.323 e. The summed E-state index contributed by atoms with van der Waals surface area (Å²) in [6, 6.07) is 2.09. The van der Waals surface area contributed by atoms with Crippen LogP contribution in [0.15, 0.2) is 103 Å². The average Bonchev–Trinajstić information content (AvgIpc) is 1.63. The van der Waals surface area contributed by atoms with Gasteiger partial charge in [-0.3, -0.25) is 86.3 Å². The molecule has 4 aromatic carbocycles. The van der Waals surface area contributed by atoms with Crippen molar-refractivity contribution in [2.45, 2.75) is 262 Å². The normalized spacial score (nSPS) is 23.8. The topological polar surface area (TPSA) is 677 Å². The maximum absolute atomic E-state index is 16.1. The summed E-state index contributed by atoms with van der Waals surface area (Å²) in [6.07, 6.45) is 1.34. The molecule has 23 N–H and O–H groups in total. The number of aliphatic hydroxyl groups is 1. The van der Waals surface area contributed by atoms with E-state index in [1.54, 1.807) is 82.4 Å². The molecule has 46 nitrogen and oxygen atoms in total. The molecule has 0 unspecified atom stereocenters. The number of primary amides is 3. The van der Waals surface area contributed by atoms with Gasteiger partial charge < -0.3 is 140 Å². The lowest BCUT2D eigenvalue weighted by Gasteiger charge is -2.36. The molecule has 0 aliphatic carbocycles. The summed E-state index contributed by atoms with van der Waals surface area (Å²) in [5, 5.41) is 61.7. The Kier molecular flexibility index (Phi) is 44.1. The van der Waals surface area contributed by atoms with E-state index in [0.717, 1.165) is 54.2 Å². The van der Waals surface area contributed by atoms with Gasteiger partial charge in [-0.25, -0.2) is 4.79 Å². The number of carbonyl (C=O) groups is 19. The maximum Gasteiger partial charge on any atom is 0.323 e. The number of unbranched alkanes of at least 4 members (excludes halogenated alkanes) is 2. The summed E-state index contributed by atoms with van der Waals surface area (Å²) >= 11 is 0.775. The first-order chi connectivity index (χ1) is 70.3. The fourth-order valence-corrected chi connectivity index (χ4v) is 19.0. The number of amides is 19. The third-order valence-electron chi connectivity index (χ3n) is 26.2. The Balaban J connectivity index is 0.00000206. The summed E-state index contributed by atoms with van der Waals surface area (Å²) in [5.41, 5.74) is 26.4. The summed E-state index contributed by atoms with van der Waals surface area (Å²) in [4.78, 5) is 284. The lowest BCUT2D eigenvalue weighted by atomic mass is 9.99. The summed E-state index contributed by atoms with van der Waals surface area (Å²) in [7, 11) is 3.86. The lowest BCUT2D eigenvalue weighted by molar-refractivity contribution is -0.149. The number of benzene rings is 4. The van der Waals surface area contributed by atoms with Crippen LogP contribution in [0.4, 0.5) is 4.79 Å². The number of phenolic OH excluding ortho intramolecular Hbond substituents is 1. The number of H-pyrrole nitrogens is 1. The van der Waals surface area contributed by atoms with Crippen molar-refractivity contribution in [3.8, 4) is 17.2 Å². The number of aromatic hydroxyl groups is 1. The predicted octanol–water partition coefficient (Wildman–Crippen LogP) is -0.551. The highest BCUT2D eigenvalue weighted by atomic mass is 32.2. The minimum atomic E-state index is -1.78. The highest BCUT2D eigenvalue weighted by Gasteiger charge is 2.47. The number of carboxylic acid groups (broad SMARTS) is 1. The minimum absolute atomic E-state index is 0.0218. The second-order valence-corrected chi connectivity index (χ2v) is 39.4. The molecule has 0 spiro atoms. The van der Waals surface area contributed by atoms with Gasteiger partial charge >= 0.3 is 12.0 Å². The number of ether oxygens (including phenoxy) is 2. The van der Waals surface area contributed by atoms with Crippen LogP contribution in [0.1, 0.15) is 161 Å². The van der Waals surface area contributed by atoms with E-state index in [-0.39, 0.29) is 81.9 Å². The molecule has 0 radical (unpaired) electrons. The van der Waals surface area contributed by atoms with Gasteiger partial charge in [-0.15, -0.1) is 11.8 Å². The molecule has 4 aliphatic rings. The number of aliphatic hydroxyl groups excluding tert-OH is 1. The zero-order valence-corrected chi connectivity index (χ0v) is 86.1. The number of hydrogen-bond donors (Lipinski definition) is 19. The SMILES string of the molecule is CCCC[C@H]1C(=O)N(C)[C@@H](CCCC)C(=O)N[C@@H](CC(C)C)C(=O)N[C@H](C(=O)NCC(N)=O)CSCC(=O)N[C@@H](Cc2ccc(O)cc2)C(=O)N(C)[C@@H](C)C(=O)N[C@@H](CC(N)=O)C(=O)N2CCC[C@H]2C(=O)N[C@@H](CN)C(=O)N[C@@H](CC(C)C)C(=O)N2C[C@H](O)C[C@H]2C(=O)N[C@@H](Cc2c[nH]c3ccccc23)C(=O)N[C@@H](CCNC(N)=O)C(=O)N[C@@H](Cc2cn(CC(=O)O)c3ccccc23)C(=O)N1C.CCc1ccc2c(c1)OCO2. The number of rotatable bonds is 28. The van der Waals surface area contributed by atoms with Gasteiger partial charge in [0, 0.05) is 113 Å². The van der Waals surface area contributed by atoms with Gasteiger partial charge in [0.2, 0.25) is 107 Å². The van der Waals surface area contributed by atoms with Crippen LogP contribution >= 0.6 is 11.8 Å². The monoisotopic (exact) mass is 2080 g/mol. The number of fused-ring (bicyclic) bond motifs is 5. The molecule has 0 saturated carbocycles. The van der Waals surface area contributed by atoms with E-state index in [1.807, 2.05) is 26.0 Å². The van der Waals surface area contributed by atoms with Gasteiger partial charge in [-0.05, 0) is 129 Å². The van der Waals surface area contributed by atoms with Crippen LogP contribution in [-0.4, -0.2) is 325 Å². The van der Waals surface area contributed by atoms with E-state index >= 15 is 33.6 Å². The maximum atomic E-state index is 16.1. The molecule has 148 heavy (non-hydrogen) atoms. The number of aromatic amines is 1. The van der Waals surface area contributed by atoms with E-state index < -0.39 is 273 Å². The average molecular weight is 2080 g/mol. The number of thioether (sulfide) groups is 1. The van der Waals surface area contributed by atoms with Crippen LogP contribution in [0.3, 0.4) is 0 Å². The number of aryl methyl sites for hydroxylation is 1. The lowest BCUT2D eigenvalue weighted by Crippen LogP contribution is -2.62. The zero-order chi connectivity index (χ0) is 109. The number of nitrogens with zero attached hydrogens (tertiary/aromatic N) is 6. The highest BCUT2D eigenvalue weighted by Crippen LogP contribution is 2.34. The van der Waals surface area contributed by atoms with Gasteiger partial charge in [0.05, 0.1) is 24.8 Å². The molecule has 4 aliphatic heterocycles. The molecule has 10 rings (SSSR count). The number of nitrogens with one attached hydrogen (secondary N) is 12. The summed E-state index contributed by atoms with van der Waals surface area (Å²) in [6.45, 7) is 11.4. The van der Waals surface area contributed by atoms with Crippen LogP contribution in [0, 0.1) is 11.8 Å². The number of carbonyl (C=O) groups excluding carboxylic acids is 18. The first kappa shape index (κ1) is 117. The number of para-hydroxylation sites is 2. The van der Waals surface area contributed by atoms with Crippen molar-refractivity contribution in [2.24, 2.45) is 34.8 Å². The molecule has 2 aromatic heterocycles. The summed E-state index contributed by atoms with van der Waals surface area (Å²) < 4.78 is 11.8. The molecule has 3 fully saturated rings. The predicted molar refractivity (Wildman–Crippen MR) is 545 cm³/mol. The number of carboxylic acids is 1. The minimum Gasteiger partial charge on any atom is -0.508 e. The fourth-order valence-electron chi connectivity index (χ4n) is 18.1. The number of phenols is 1. The van der Waals surface area contributed by atoms with E-state index in [1.165, 1.54) is 68.7 Å². The third-order valence-corrected chi connectivity index (χ3v) is 27.2. The molecular weight excluding hydrogens is 1940 g/mol. The van der Waals surface area contributed by atoms with E-state index in [9.17, 15) is 72.9 Å². The molecular formula is C101H142N22O24S. The Labute approximate surface area is 861 Å². The van der Waals surface area contributed by atoms with Gasteiger partial charge in [-0.2, -0.15) is 0 Å². The number of nitrogens with two attached hydrogens (primary N) is 4. The van der Waals surface area contributed by atoms with E-state index in [4.69, 9.17) is 32.4 Å². The van der Waals surface area contributed by atoms with Gasteiger partial charge in [0.15, 0.2) is 11.5 Å².